The van der Waals surface area contributed by atoms with Crippen molar-refractivity contribution in [3.05, 3.63) is 95.1 Å². The van der Waals surface area contributed by atoms with Gasteiger partial charge in [-0.1, -0.05) is 61.9 Å². The second-order valence-corrected chi connectivity index (χ2v) is 10.3. The third kappa shape index (κ3) is 6.47. The Bertz CT molecular complexity index is 1190. The van der Waals surface area contributed by atoms with Gasteiger partial charge in [0.2, 0.25) is 0 Å². The van der Waals surface area contributed by atoms with Crippen LogP contribution in [0.15, 0.2) is 77.7 Å². The average molecular weight is 502 g/mol. The number of hydrogen-bond acceptors (Lipinski definition) is 5. The van der Waals surface area contributed by atoms with Gasteiger partial charge in [0.15, 0.2) is 15.6 Å². The first-order valence-corrected chi connectivity index (χ1v) is 12.7. The molecule has 0 saturated carbocycles. The van der Waals surface area contributed by atoms with E-state index >= 15 is 0 Å². The van der Waals surface area contributed by atoms with Crippen LogP contribution in [-0.2, 0) is 16.4 Å². The molecule has 182 valence electrons. The molecule has 0 aliphatic heterocycles. The summed E-state index contributed by atoms with van der Waals surface area (Å²) < 4.78 is 27.1. The number of benzene rings is 3. The number of rotatable bonds is 10. The number of aryl methyl sites for hydroxylation is 1. The van der Waals surface area contributed by atoms with Crippen molar-refractivity contribution in [1.29, 1.82) is 0 Å². The second-order valence-electron chi connectivity index (χ2n) is 8.19. The highest BCUT2D eigenvalue weighted by atomic mass is 35.5. The fourth-order valence-corrected chi connectivity index (χ4v) is 5.56. The maximum Gasteiger partial charge on any atom is 0.185 e. The second kappa shape index (κ2) is 12.2. The van der Waals surface area contributed by atoms with Crippen molar-refractivity contribution in [2.24, 2.45) is 0 Å². The molecule has 5 nitrogen and oxygen atoms in total. The highest BCUT2D eigenvalue weighted by Crippen LogP contribution is 2.33. The summed E-state index contributed by atoms with van der Waals surface area (Å²) in [6, 6.07) is 20.3. The molecule has 0 amide bonds. The van der Waals surface area contributed by atoms with Crippen LogP contribution in [0.4, 0.5) is 0 Å². The lowest BCUT2D eigenvalue weighted by molar-refractivity contribution is 0.0980. The number of carbonyl (C=O) groups excluding carboxylic acids is 1. The molecule has 0 aliphatic rings. The maximum absolute atomic E-state index is 13.6. The van der Waals surface area contributed by atoms with Gasteiger partial charge in [-0.3, -0.25) is 9.69 Å². The molecule has 0 saturated heterocycles. The zero-order valence-corrected chi connectivity index (χ0v) is 21.4. The number of hydrogen-bond donors (Lipinski definition) is 1. The molecule has 0 aliphatic carbocycles. The molecule has 3 rings (SSSR count). The number of nitrogens with zero attached hydrogens (tertiary/aromatic N) is 1. The molecule has 0 aromatic heterocycles. The first kappa shape index (κ1) is 27.6. The van der Waals surface area contributed by atoms with E-state index in [9.17, 15) is 18.3 Å². The number of halogens is 1. The van der Waals surface area contributed by atoms with E-state index in [1.165, 1.54) is 6.07 Å². The molecule has 0 bridgehead atoms. The Morgan fingerprint density at radius 3 is 2.15 bits per heavy atom. The minimum absolute atomic E-state index is 0. The largest absolute Gasteiger partial charge is 0.508 e. The van der Waals surface area contributed by atoms with Crippen molar-refractivity contribution >= 4 is 28.0 Å². The molecule has 1 atom stereocenters. The van der Waals surface area contributed by atoms with Gasteiger partial charge >= 0.3 is 0 Å². The van der Waals surface area contributed by atoms with Crippen LogP contribution in [0.25, 0.3) is 0 Å². The Morgan fingerprint density at radius 1 is 0.941 bits per heavy atom. The lowest BCUT2D eigenvalue weighted by Crippen LogP contribution is -2.22. The van der Waals surface area contributed by atoms with Gasteiger partial charge in [-0.25, -0.2) is 8.42 Å². The molecule has 0 radical (unpaired) electrons. The van der Waals surface area contributed by atoms with E-state index in [1.807, 2.05) is 26.8 Å². The lowest BCUT2D eigenvalue weighted by atomic mass is 10.00. The highest BCUT2D eigenvalue weighted by Gasteiger charge is 2.31. The van der Waals surface area contributed by atoms with Crippen LogP contribution in [0.3, 0.4) is 0 Å². The van der Waals surface area contributed by atoms with Crippen LogP contribution in [0.1, 0.15) is 52.6 Å². The van der Waals surface area contributed by atoms with Crippen molar-refractivity contribution < 1.29 is 18.3 Å². The Kier molecular flexibility index (Phi) is 9.86. The SMILES string of the molecule is CCN(CC)Cc1cc(C(=O)CC(c2ccccc2)S(=O)(=O)c2ccc(C)cc2)ccc1O.Cl. The topological polar surface area (TPSA) is 74.7 Å². The lowest BCUT2D eigenvalue weighted by Gasteiger charge is -2.20. The normalized spacial score (nSPS) is 12.2. The third-order valence-corrected chi connectivity index (χ3v) is 8.07. The van der Waals surface area contributed by atoms with Crippen LogP contribution in [0.2, 0.25) is 0 Å². The molecule has 1 unspecified atom stereocenters. The molecule has 3 aromatic carbocycles. The Labute approximate surface area is 208 Å². The fraction of sp³-hybridized carbons (Fsp3) is 0.296. The summed E-state index contributed by atoms with van der Waals surface area (Å²) in [5.41, 5.74) is 2.59. The summed E-state index contributed by atoms with van der Waals surface area (Å²) in [6.07, 6.45) is -0.185. The van der Waals surface area contributed by atoms with E-state index < -0.39 is 15.1 Å². The molecule has 0 spiro atoms. The van der Waals surface area contributed by atoms with E-state index in [2.05, 4.69) is 4.90 Å². The maximum atomic E-state index is 13.6. The van der Waals surface area contributed by atoms with Crippen molar-refractivity contribution in [3.8, 4) is 5.75 Å². The van der Waals surface area contributed by atoms with Crippen LogP contribution in [-0.4, -0.2) is 37.3 Å². The number of aromatic hydroxyl groups is 1. The van der Waals surface area contributed by atoms with Gasteiger partial charge in [0.25, 0.3) is 0 Å². The molecule has 1 N–H and O–H groups in total. The van der Waals surface area contributed by atoms with Crippen molar-refractivity contribution in [2.75, 3.05) is 13.1 Å². The molecular formula is C27H32ClNO4S. The number of phenols is 1. The van der Waals surface area contributed by atoms with Crippen LogP contribution < -0.4 is 0 Å². The average Bonchev–Trinajstić information content (AvgIpc) is 2.82. The van der Waals surface area contributed by atoms with Gasteiger partial charge in [-0.15, -0.1) is 12.4 Å². The summed E-state index contributed by atoms with van der Waals surface area (Å²) in [5, 5.41) is 9.28. The molecule has 0 fully saturated rings. The summed E-state index contributed by atoms with van der Waals surface area (Å²) in [7, 11) is -3.80. The molecular weight excluding hydrogens is 470 g/mol. The predicted octanol–water partition coefficient (Wildman–Crippen LogP) is 5.75. The van der Waals surface area contributed by atoms with Crippen molar-refractivity contribution in [2.45, 2.75) is 43.9 Å². The molecule has 3 aromatic rings. The number of carbonyl (C=O) groups is 1. The van der Waals surface area contributed by atoms with Gasteiger partial charge in [0, 0.05) is 24.1 Å². The van der Waals surface area contributed by atoms with E-state index in [4.69, 9.17) is 0 Å². The van der Waals surface area contributed by atoms with Crippen LogP contribution in [0.5, 0.6) is 5.75 Å². The zero-order valence-electron chi connectivity index (χ0n) is 19.8. The van der Waals surface area contributed by atoms with E-state index in [0.717, 1.165) is 18.7 Å². The van der Waals surface area contributed by atoms with Crippen molar-refractivity contribution in [1.82, 2.24) is 4.90 Å². The van der Waals surface area contributed by atoms with Crippen LogP contribution in [0, 0.1) is 6.92 Å². The quantitative estimate of drug-likeness (QED) is 0.358. The number of sulfone groups is 1. The van der Waals surface area contributed by atoms with E-state index in [1.54, 1.807) is 60.7 Å². The van der Waals surface area contributed by atoms with Gasteiger partial charge in [0.05, 0.1) is 10.1 Å². The minimum Gasteiger partial charge on any atom is -0.508 e. The van der Waals surface area contributed by atoms with Gasteiger partial charge in [0.1, 0.15) is 5.75 Å². The first-order valence-electron chi connectivity index (χ1n) is 11.2. The smallest absolute Gasteiger partial charge is 0.185 e. The van der Waals surface area contributed by atoms with Crippen LogP contribution >= 0.6 is 12.4 Å². The molecule has 0 heterocycles. The summed E-state index contributed by atoms with van der Waals surface area (Å²) >= 11 is 0. The fourth-order valence-electron chi connectivity index (χ4n) is 3.83. The third-order valence-electron chi connectivity index (χ3n) is 5.96. The number of phenolic OH excluding ortho intramolecular Hbond substituents is 1. The number of ketones is 1. The van der Waals surface area contributed by atoms with E-state index in [0.29, 0.717) is 23.2 Å². The number of Topliss-reactive ketones (excluding diaryl/α,β-unsaturated/α-hetero) is 1. The minimum atomic E-state index is -3.80. The monoisotopic (exact) mass is 501 g/mol. The van der Waals surface area contributed by atoms with Gasteiger partial charge in [-0.05, 0) is 55.9 Å². The zero-order chi connectivity index (χ0) is 24.0. The summed E-state index contributed by atoms with van der Waals surface area (Å²) in [5.74, 6) is -0.148. The standard InChI is InChI=1S/C27H31NO4S.ClH/c1-4-28(5-2)19-23-17-22(13-16-25(23)29)26(30)18-27(21-9-7-6-8-10-21)33(31,32)24-14-11-20(3)12-15-24;/h6-17,27,29H,4-5,18-19H2,1-3H3;1H. The van der Waals surface area contributed by atoms with Crippen molar-refractivity contribution in [3.63, 3.8) is 0 Å². The Morgan fingerprint density at radius 2 is 1.56 bits per heavy atom. The van der Waals surface area contributed by atoms with E-state index in [-0.39, 0.29) is 35.3 Å². The summed E-state index contributed by atoms with van der Waals surface area (Å²) in [4.78, 5) is 15.6. The Balaban J connectivity index is 0.00000408. The first-order chi connectivity index (χ1) is 15.8. The summed E-state index contributed by atoms with van der Waals surface area (Å²) in [6.45, 7) is 8.13. The highest BCUT2D eigenvalue weighted by molar-refractivity contribution is 7.91. The van der Waals surface area contributed by atoms with Gasteiger partial charge < -0.3 is 5.11 Å². The van der Waals surface area contributed by atoms with Gasteiger partial charge in [-0.2, -0.15) is 0 Å². The molecule has 7 heteroatoms. The Hall–Kier alpha value is -2.67. The predicted molar refractivity (Wildman–Crippen MR) is 138 cm³/mol. The molecule has 34 heavy (non-hydrogen) atoms.